The standard InChI is InChI=1S/C14H16BrN3O/c1-10-4-6-14(9-16,7-5-10)18-13(19)11-3-2-8-17-12(11)15/h2-3,8,10H,4-7H2,1H3,(H,18,19). The molecule has 1 N–H and O–H groups in total. The molecule has 5 heteroatoms. The first kappa shape index (κ1) is 14.0. The van der Waals surface area contributed by atoms with Crippen molar-refractivity contribution in [2.24, 2.45) is 5.92 Å². The van der Waals surface area contributed by atoms with Gasteiger partial charge in [-0.2, -0.15) is 5.26 Å². The van der Waals surface area contributed by atoms with E-state index in [-0.39, 0.29) is 5.91 Å². The van der Waals surface area contributed by atoms with Crippen molar-refractivity contribution < 1.29 is 4.79 Å². The Hall–Kier alpha value is -1.41. The van der Waals surface area contributed by atoms with Crippen LogP contribution < -0.4 is 5.32 Å². The molecule has 1 aliphatic rings. The van der Waals surface area contributed by atoms with Crippen LogP contribution in [-0.4, -0.2) is 16.4 Å². The van der Waals surface area contributed by atoms with Crippen LogP contribution in [0.25, 0.3) is 0 Å². The summed E-state index contributed by atoms with van der Waals surface area (Å²) in [5.41, 5.74) is -0.255. The van der Waals surface area contributed by atoms with E-state index in [1.807, 2.05) is 0 Å². The zero-order valence-electron chi connectivity index (χ0n) is 10.8. The minimum Gasteiger partial charge on any atom is -0.334 e. The van der Waals surface area contributed by atoms with E-state index in [2.05, 4.69) is 39.2 Å². The Morgan fingerprint density at radius 1 is 1.58 bits per heavy atom. The van der Waals surface area contributed by atoms with Gasteiger partial charge in [0, 0.05) is 6.20 Å². The Bertz CT molecular complexity index is 516. The largest absolute Gasteiger partial charge is 0.334 e. The van der Waals surface area contributed by atoms with Gasteiger partial charge < -0.3 is 5.32 Å². The van der Waals surface area contributed by atoms with Crippen molar-refractivity contribution in [1.29, 1.82) is 5.26 Å². The fourth-order valence-corrected chi connectivity index (χ4v) is 2.79. The maximum atomic E-state index is 12.2. The Labute approximate surface area is 121 Å². The Morgan fingerprint density at radius 3 is 2.84 bits per heavy atom. The molecule has 100 valence electrons. The molecule has 0 radical (unpaired) electrons. The molecule has 0 unspecified atom stereocenters. The summed E-state index contributed by atoms with van der Waals surface area (Å²) in [6.07, 6.45) is 5.00. The van der Waals surface area contributed by atoms with Crippen LogP contribution in [0, 0.1) is 17.2 Å². The lowest BCUT2D eigenvalue weighted by atomic mass is 9.78. The van der Waals surface area contributed by atoms with Crippen LogP contribution in [0.2, 0.25) is 0 Å². The van der Waals surface area contributed by atoms with Gasteiger partial charge in [-0.1, -0.05) is 6.92 Å². The maximum Gasteiger partial charge on any atom is 0.255 e. The number of rotatable bonds is 2. The molecule has 1 aromatic heterocycles. The smallest absolute Gasteiger partial charge is 0.255 e. The minimum atomic E-state index is -0.723. The highest BCUT2D eigenvalue weighted by Gasteiger charge is 2.36. The third kappa shape index (κ3) is 3.13. The first-order valence-electron chi connectivity index (χ1n) is 6.40. The molecule has 1 heterocycles. The van der Waals surface area contributed by atoms with E-state index in [1.165, 1.54) is 0 Å². The maximum absolute atomic E-state index is 12.2. The van der Waals surface area contributed by atoms with Crippen LogP contribution in [0.4, 0.5) is 0 Å². The molecule has 2 rings (SSSR count). The van der Waals surface area contributed by atoms with Crippen molar-refractivity contribution in [2.45, 2.75) is 38.1 Å². The van der Waals surface area contributed by atoms with Gasteiger partial charge in [-0.15, -0.1) is 0 Å². The van der Waals surface area contributed by atoms with Crippen LogP contribution in [0.15, 0.2) is 22.9 Å². The number of carbonyl (C=O) groups is 1. The van der Waals surface area contributed by atoms with Crippen LogP contribution in [-0.2, 0) is 0 Å². The Balaban J connectivity index is 2.14. The summed E-state index contributed by atoms with van der Waals surface area (Å²) in [5, 5.41) is 12.3. The van der Waals surface area contributed by atoms with Gasteiger partial charge >= 0.3 is 0 Å². The van der Waals surface area contributed by atoms with Gasteiger partial charge in [0.15, 0.2) is 0 Å². The fraction of sp³-hybridized carbons (Fsp3) is 0.500. The molecule has 1 fully saturated rings. The molecular weight excluding hydrogens is 306 g/mol. The molecule has 1 aromatic rings. The van der Waals surface area contributed by atoms with Gasteiger partial charge in [0.2, 0.25) is 0 Å². The second-order valence-corrected chi connectivity index (χ2v) is 5.92. The second kappa shape index (κ2) is 5.70. The predicted octanol–water partition coefficient (Wildman–Crippen LogP) is 3.05. The lowest BCUT2D eigenvalue weighted by Gasteiger charge is -2.34. The highest BCUT2D eigenvalue weighted by molar-refractivity contribution is 9.10. The van der Waals surface area contributed by atoms with Crippen LogP contribution in [0.5, 0.6) is 0 Å². The quantitative estimate of drug-likeness (QED) is 0.851. The third-order valence-corrected chi connectivity index (χ3v) is 4.33. The van der Waals surface area contributed by atoms with Gasteiger partial charge in [-0.25, -0.2) is 4.98 Å². The van der Waals surface area contributed by atoms with E-state index in [0.29, 0.717) is 28.9 Å². The molecule has 0 saturated heterocycles. The highest BCUT2D eigenvalue weighted by Crippen LogP contribution is 2.31. The molecule has 0 atom stereocenters. The first-order chi connectivity index (χ1) is 9.06. The first-order valence-corrected chi connectivity index (χ1v) is 7.20. The SMILES string of the molecule is CC1CCC(C#N)(NC(=O)c2cccnc2Br)CC1. The topological polar surface area (TPSA) is 65.8 Å². The molecule has 1 aliphatic carbocycles. The highest BCUT2D eigenvalue weighted by atomic mass is 79.9. The summed E-state index contributed by atoms with van der Waals surface area (Å²) in [6, 6.07) is 5.70. The average Bonchev–Trinajstić information content (AvgIpc) is 2.42. The molecule has 0 bridgehead atoms. The summed E-state index contributed by atoms with van der Waals surface area (Å²) in [4.78, 5) is 16.3. The number of hydrogen-bond acceptors (Lipinski definition) is 3. The lowest BCUT2D eigenvalue weighted by molar-refractivity contribution is 0.0892. The second-order valence-electron chi connectivity index (χ2n) is 5.17. The van der Waals surface area contributed by atoms with Crippen LogP contribution >= 0.6 is 15.9 Å². The monoisotopic (exact) mass is 321 g/mol. The third-order valence-electron chi connectivity index (χ3n) is 3.70. The normalized spacial score (nSPS) is 26.5. The number of nitriles is 1. The number of nitrogens with one attached hydrogen (secondary N) is 1. The van der Waals surface area contributed by atoms with E-state index >= 15 is 0 Å². The van der Waals surface area contributed by atoms with Crippen molar-refractivity contribution in [1.82, 2.24) is 10.3 Å². The van der Waals surface area contributed by atoms with Gasteiger partial charge in [0.1, 0.15) is 10.1 Å². The number of aromatic nitrogens is 1. The number of amides is 1. The summed E-state index contributed by atoms with van der Waals surface area (Å²) in [7, 11) is 0. The molecule has 1 amide bonds. The van der Waals surface area contributed by atoms with Crippen molar-refractivity contribution in [3.63, 3.8) is 0 Å². The van der Waals surface area contributed by atoms with Crippen molar-refractivity contribution in [3.05, 3.63) is 28.5 Å². The molecule has 4 nitrogen and oxygen atoms in total. The minimum absolute atomic E-state index is 0.240. The van der Waals surface area contributed by atoms with Crippen LogP contribution in [0.3, 0.4) is 0 Å². The van der Waals surface area contributed by atoms with Crippen LogP contribution in [0.1, 0.15) is 43.0 Å². The van der Waals surface area contributed by atoms with Gasteiger partial charge in [-0.3, -0.25) is 4.79 Å². The zero-order chi connectivity index (χ0) is 13.9. The van der Waals surface area contributed by atoms with Crippen molar-refractivity contribution >= 4 is 21.8 Å². The fourth-order valence-electron chi connectivity index (χ4n) is 2.36. The average molecular weight is 322 g/mol. The van der Waals surface area contributed by atoms with Gasteiger partial charge in [-0.05, 0) is 59.7 Å². The molecule has 0 aliphatic heterocycles. The summed E-state index contributed by atoms with van der Waals surface area (Å²) >= 11 is 3.26. The van der Waals surface area contributed by atoms with E-state index in [4.69, 9.17) is 0 Å². The molecule has 1 saturated carbocycles. The molecule has 19 heavy (non-hydrogen) atoms. The number of nitrogens with zero attached hydrogens (tertiary/aromatic N) is 2. The molecule has 0 spiro atoms. The lowest BCUT2D eigenvalue weighted by Crippen LogP contribution is -2.49. The Morgan fingerprint density at radius 2 is 2.26 bits per heavy atom. The number of carbonyl (C=O) groups excluding carboxylic acids is 1. The number of hydrogen-bond donors (Lipinski definition) is 1. The van der Waals surface area contributed by atoms with Crippen molar-refractivity contribution in [3.8, 4) is 6.07 Å². The number of pyridine rings is 1. The van der Waals surface area contributed by atoms with Gasteiger partial charge in [0.05, 0.1) is 11.6 Å². The number of halogens is 1. The van der Waals surface area contributed by atoms with E-state index in [0.717, 1.165) is 12.8 Å². The molecular formula is C14H16BrN3O. The molecule has 0 aromatic carbocycles. The summed E-state index contributed by atoms with van der Waals surface area (Å²) < 4.78 is 0.504. The van der Waals surface area contributed by atoms with Gasteiger partial charge in [0.25, 0.3) is 5.91 Å². The van der Waals surface area contributed by atoms with E-state index < -0.39 is 5.54 Å². The summed E-state index contributed by atoms with van der Waals surface area (Å²) in [5.74, 6) is 0.389. The Kier molecular flexibility index (Phi) is 4.20. The summed E-state index contributed by atoms with van der Waals surface area (Å²) in [6.45, 7) is 2.18. The van der Waals surface area contributed by atoms with Crippen molar-refractivity contribution in [2.75, 3.05) is 0 Å². The van der Waals surface area contributed by atoms with E-state index in [1.54, 1.807) is 18.3 Å². The van der Waals surface area contributed by atoms with E-state index in [9.17, 15) is 10.1 Å². The zero-order valence-corrected chi connectivity index (χ0v) is 12.4. The predicted molar refractivity (Wildman–Crippen MR) is 75.4 cm³/mol.